The van der Waals surface area contributed by atoms with Crippen LogP contribution in [-0.2, 0) is 4.79 Å². The maximum Gasteiger partial charge on any atom is 0.319 e. The zero-order valence-corrected chi connectivity index (χ0v) is 17.6. The van der Waals surface area contributed by atoms with E-state index in [4.69, 9.17) is 5.73 Å². The van der Waals surface area contributed by atoms with E-state index in [1.54, 1.807) is 6.08 Å². The van der Waals surface area contributed by atoms with Crippen LogP contribution in [0.25, 0.3) is 0 Å². The highest BCUT2D eigenvalue weighted by atomic mass is 19.1. The monoisotopic (exact) mass is 431 g/mol. The largest absolute Gasteiger partial charge is 0.350 e. The molecule has 1 saturated carbocycles. The molecule has 3 rings (SSSR count). The van der Waals surface area contributed by atoms with Gasteiger partial charge in [-0.15, -0.1) is 6.58 Å². The summed E-state index contributed by atoms with van der Waals surface area (Å²) in [6.07, 6.45) is 4.13. The summed E-state index contributed by atoms with van der Waals surface area (Å²) in [6, 6.07) is 4.81. The van der Waals surface area contributed by atoms with Gasteiger partial charge in [-0.2, -0.15) is 0 Å². The van der Waals surface area contributed by atoms with Crippen LogP contribution in [0.5, 0.6) is 0 Å². The van der Waals surface area contributed by atoms with E-state index in [2.05, 4.69) is 17.2 Å². The van der Waals surface area contributed by atoms with Crippen LogP contribution in [0.15, 0.2) is 36.9 Å². The van der Waals surface area contributed by atoms with Gasteiger partial charge in [-0.25, -0.2) is 9.18 Å². The van der Waals surface area contributed by atoms with Crippen molar-refractivity contribution in [3.8, 4) is 0 Å². The zero-order chi connectivity index (χ0) is 22.4. The number of nitrogens with zero attached hydrogens (tertiary/aromatic N) is 2. The van der Waals surface area contributed by atoms with E-state index in [1.807, 2.05) is 0 Å². The van der Waals surface area contributed by atoms with Gasteiger partial charge in [0.25, 0.3) is 11.8 Å². The number of urea groups is 1. The van der Waals surface area contributed by atoms with Crippen molar-refractivity contribution in [3.63, 3.8) is 0 Å². The van der Waals surface area contributed by atoms with E-state index >= 15 is 0 Å². The first-order chi connectivity index (χ1) is 14.9. The van der Waals surface area contributed by atoms with Crippen molar-refractivity contribution in [1.82, 2.24) is 20.4 Å². The van der Waals surface area contributed by atoms with Crippen molar-refractivity contribution >= 4 is 17.8 Å². The molecule has 4 N–H and O–H groups in total. The minimum Gasteiger partial charge on any atom is -0.350 e. The second-order valence-corrected chi connectivity index (χ2v) is 8.02. The summed E-state index contributed by atoms with van der Waals surface area (Å²) in [7, 11) is 0. The summed E-state index contributed by atoms with van der Waals surface area (Å²) >= 11 is 0. The number of nitrogens with two attached hydrogens (primary N) is 1. The Morgan fingerprint density at radius 1 is 1.10 bits per heavy atom. The number of halogens is 1. The molecule has 31 heavy (non-hydrogen) atoms. The second-order valence-electron chi connectivity index (χ2n) is 8.02. The lowest BCUT2D eigenvalue weighted by Crippen LogP contribution is -2.65. The number of hydrogen-bond acceptors (Lipinski definition) is 4. The Bertz CT molecular complexity index is 808. The van der Waals surface area contributed by atoms with Crippen LogP contribution in [-0.4, -0.2) is 65.5 Å². The molecule has 1 unspecified atom stereocenters. The topological polar surface area (TPSA) is 108 Å². The maximum absolute atomic E-state index is 13.3. The normalized spacial score (nSPS) is 23.7. The third-order valence-electron chi connectivity index (χ3n) is 5.75. The molecule has 1 aromatic rings. The lowest BCUT2D eigenvalue weighted by atomic mass is 9.91. The number of carbonyl (C=O) groups is 3. The Hall–Kier alpha value is -2.94. The molecule has 1 aliphatic heterocycles. The summed E-state index contributed by atoms with van der Waals surface area (Å²) in [4.78, 5) is 42.0. The van der Waals surface area contributed by atoms with Crippen molar-refractivity contribution < 1.29 is 18.8 Å². The highest BCUT2D eigenvalue weighted by molar-refractivity contribution is 5.98. The van der Waals surface area contributed by atoms with Crippen LogP contribution in [0.2, 0.25) is 0 Å². The summed E-state index contributed by atoms with van der Waals surface area (Å²) in [6.45, 7) is 4.49. The molecule has 1 aromatic carbocycles. The van der Waals surface area contributed by atoms with Gasteiger partial charge in [0.1, 0.15) is 5.82 Å². The molecule has 2 aliphatic rings. The number of carbonyl (C=O) groups excluding carboxylic acids is 3. The molecule has 0 spiro atoms. The van der Waals surface area contributed by atoms with Gasteiger partial charge in [0.05, 0.1) is 0 Å². The van der Waals surface area contributed by atoms with E-state index in [-0.39, 0.29) is 24.2 Å². The van der Waals surface area contributed by atoms with Gasteiger partial charge in [0.2, 0.25) is 0 Å². The average molecular weight is 432 g/mol. The Balaban J connectivity index is 1.83. The van der Waals surface area contributed by atoms with E-state index in [0.29, 0.717) is 19.5 Å². The number of nitrogens with one attached hydrogen (secondary N) is 2. The zero-order valence-electron chi connectivity index (χ0n) is 17.6. The van der Waals surface area contributed by atoms with Crippen LogP contribution in [0.3, 0.4) is 0 Å². The fourth-order valence-corrected chi connectivity index (χ4v) is 4.09. The Morgan fingerprint density at radius 2 is 1.74 bits per heavy atom. The van der Waals surface area contributed by atoms with Crippen LogP contribution in [0, 0.1) is 5.82 Å². The molecule has 1 heterocycles. The van der Waals surface area contributed by atoms with Gasteiger partial charge < -0.3 is 21.3 Å². The Kier molecular flexibility index (Phi) is 7.62. The van der Waals surface area contributed by atoms with Crippen molar-refractivity contribution in [2.24, 2.45) is 5.73 Å². The third kappa shape index (κ3) is 5.61. The minimum atomic E-state index is -1.09. The quantitative estimate of drug-likeness (QED) is 0.615. The average Bonchev–Trinajstić information content (AvgIpc) is 2.78. The molecule has 9 heteroatoms. The summed E-state index contributed by atoms with van der Waals surface area (Å²) in [5, 5.41) is 5.69. The predicted octanol–water partition coefficient (Wildman–Crippen LogP) is 1.58. The highest BCUT2D eigenvalue weighted by Crippen LogP contribution is 2.21. The molecule has 1 atom stereocenters. The van der Waals surface area contributed by atoms with Crippen LogP contribution >= 0.6 is 0 Å². The molecule has 1 saturated heterocycles. The first kappa shape index (κ1) is 22.7. The number of benzene rings is 1. The standard InChI is InChI=1S/C22H30FN5O3/c1-2-12-25-22(31)28-14-3-13-27(21(30)15-4-6-16(23)7-5-15)20(28)19(29)26-18-10-8-17(24)9-11-18/h2,4-7,17-18,20H,1,3,8-14,24H2,(H,25,31)(H,26,29). The van der Waals surface area contributed by atoms with Gasteiger partial charge in [0, 0.05) is 37.3 Å². The molecule has 0 bridgehead atoms. The number of hydrogen-bond donors (Lipinski definition) is 3. The van der Waals surface area contributed by atoms with Crippen molar-refractivity contribution in [2.75, 3.05) is 19.6 Å². The van der Waals surface area contributed by atoms with Crippen molar-refractivity contribution in [2.45, 2.75) is 50.4 Å². The molecule has 168 valence electrons. The summed E-state index contributed by atoms with van der Waals surface area (Å²) in [5.74, 6) is -1.28. The third-order valence-corrected chi connectivity index (χ3v) is 5.75. The first-order valence-corrected chi connectivity index (χ1v) is 10.7. The second kappa shape index (κ2) is 10.4. The van der Waals surface area contributed by atoms with E-state index in [0.717, 1.165) is 25.7 Å². The minimum absolute atomic E-state index is 0.0462. The summed E-state index contributed by atoms with van der Waals surface area (Å²) in [5.41, 5.74) is 6.21. The van der Waals surface area contributed by atoms with Gasteiger partial charge >= 0.3 is 6.03 Å². The molecule has 1 aliphatic carbocycles. The van der Waals surface area contributed by atoms with Gasteiger partial charge in [-0.1, -0.05) is 6.08 Å². The fraction of sp³-hybridized carbons (Fsp3) is 0.500. The van der Waals surface area contributed by atoms with E-state index < -0.39 is 29.8 Å². The maximum atomic E-state index is 13.3. The van der Waals surface area contributed by atoms with Crippen LogP contribution < -0.4 is 16.4 Å². The molecule has 0 radical (unpaired) electrons. The summed E-state index contributed by atoms with van der Waals surface area (Å²) < 4.78 is 13.3. The molecule has 8 nitrogen and oxygen atoms in total. The molecule has 4 amide bonds. The Labute approximate surface area is 181 Å². The van der Waals surface area contributed by atoms with Gasteiger partial charge in [0.15, 0.2) is 6.17 Å². The number of rotatable bonds is 5. The molecule has 0 aromatic heterocycles. The smallest absolute Gasteiger partial charge is 0.319 e. The molecular formula is C22H30FN5O3. The Morgan fingerprint density at radius 3 is 2.39 bits per heavy atom. The fourth-order valence-electron chi connectivity index (χ4n) is 4.09. The van der Waals surface area contributed by atoms with E-state index in [9.17, 15) is 18.8 Å². The van der Waals surface area contributed by atoms with Crippen molar-refractivity contribution in [3.05, 3.63) is 48.3 Å². The molecule has 2 fully saturated rings. The van der Waals surface area contributed by atoms with Crippen molar-refractivity contribution in [1.29, 1.82) is 0 Å². The van der Waals surface area contributed by atoms with Gasteiger partial charge in [-0.3, -0.25) is 14.5 Å². The van der Waals surface area contributed by atoms with Gasteiger partial charge in [-0.05, 0) is 56.4 Å². The highest BCUT2D eigenvalue weighted by Gasteiger charge is 2.41. The molecular weight excluding hydrogens is 401 g/mol. The SMILES string of the molecule is C=CCNC(=O)N1CCCN(C(=O)c2ccc(F)cc2)C1C(=O)NC1CCC(N)CC1. The lowest BCUT2D eigenvalue weighted by Gasteiger charge is -2.43. The van der Waals surface area contributed by atoms with Crippen LogP contribution in [0.4, 0.5) is 9.18 Å². The number of amides is 4. The first-order valence-electron chi connectivity index (χ1n) is 10.7. The van der Waals surface area contributed by atoms with E-state index in [1.165, 1.54) is 34.1 Å². The predicted molar refractivity (Wildman–Crippen MR) is 115 cm³/mol. The van der Waals surface area contributed by atoms with Crippen LogP contribution in [0.1, 0.15) is 42.5 Å². The lowest BCUT2D eigenvalue weighted by molar-refractivity contribution is -0.133.